The van der Waals surface area contributed by atoms with E-state index in [1.165, 1.54) is 0 Å². The summed E-state index contributed by atoms with van der Waals surface area (Å²) in [4.78, 5) is 13.7. The van der Waals surface area contributed by atoms with Crippen LogP contribution in [0.4, 0.5) is 5.82 Å². The topological polar surface area (TPSA) is 66.4 Å². The van der Waals surface area contributed by atoms with Crippen molar-refractivity contribution in [3.63, 3.8) is 0 Å². The van der Waals surface area contributed by atoms with Crippen molar-refractivity contribution in [3.8, 4) is 0 Å². The van der Waals surface area contributed by atoms with Crippen LogP contribution < -0.4 is 4.90 Å². The van der Waals surface area contributed by atoms with Gasteiger partial charge in [-0.2, -0.15) is 0 Å². The molecule has 0 spiro atoms. The first-order chi connectivity index (χ1) is 12.9. The predicted octanol–water partition coefficient (Wildman–Crippen LogP) is 2.52. The number of likely N-dealkylation sites (N-methyl/N-ethyl adjacent to an activating group) is 1. The monoisotopic (exact) mass is 382 g/mol. The van der Waals surface area contributed by atoms with Gasteiger partial charge in [0.15, 0.2) is 5.82 Å². The van der Waals surface area contributed by atoms with Gasteiger partial charge in [0.2, 0.25) is 14.9 Å². The molecule has 27 heavy (non-hydrogen) atoms. The highest BCUT2D eigenvalue weighted by molar-refractivity contribution is 7.91. The Balaban J connectivity index is 1.91. The molecule has 4 rings (SSSR count). The molecular weight excluding hydrogens is 360 g/mol. The molecule has 0 atom stereocenters. The first-order valence-corrected chi connectivity index (χ1v) is 10.5. The Kier molecular flexibility index (Phi) is 4.57. The smallest absolute Gasteiger partial charge is 0.227 e. The van der Waals surface area contributed by atoms with Crippen LogP contribution in [0.1, 0.15) is 5.56 Å². The van der Waals surface area contributed by atoms with Gasteiger partial charge in [-0.05, 0) is 43.8 Å². The van der Waals surface area contributed by atoms with Gasteiger partial charge < -0.3 is 9.80 Å². The third kappa shape index (κ3) is 3.40. The number of para-hydroxylation sites is 2. The lowest BCUT2D eigenvalue weighted by Crippen LogP contribution is -2.45. The lowest BCUT2D eigenvalue weighted by atomic mass is 10.2. The van der Waals surface area contributed by atoms with Gasteiger partial charge in [0.05, 0.1) is 15.9 Å². The van der Waals surface area contributed by atoms with E-state index in [-0.39, 0.29) is 9.92 Å². The highest BCUT2D eigenvalue weighted by Crippen LogP contribution is 2.30. The van der Waals surface area contributed by atoms with Crippen LogP contribution in [0.3, 0.4) is 0 Å². The van der Waals surface area contributed by atoms with Gasteiger partial charge in [0, 0.05) is 26.2 Å². The summed E-state index contributed by atoms with van der Waals surface area (Å²) in [5.74, 6) is 0.448. The molecule has 7 heteroatoms. The van der Waals surface area contributed by atoms with Crippen LogP contribution in [-0.2, 0) is 9.84 Å². The molecule has 6 nitrogen and oxygen atoms in total. The second-order valence-corrected chi connectivity index (χ2v) is 8.82. The van der Waals surface area contributed by atoms with Crippen LogP contribution in [0.2, 0.25) is 0 Å². The molecule has 0 radical (unpaired) electrons. The molecule has 0 amide bonds. The van der Waals surface area contributed by atoms with E-state index >= 15 is 0 Å². The Morgan fingerprint density at radius 3 is 2.22 bits per heavy atom. The zero-order valence-electron chi connectivity index (χ0n) is 15.5. The van der Waals surface area contributed by atoms with Gasteiger partial charge in [-0.25, -0.2) is 18.4 Å². The first-order valence-electron chi connectivity index (χ1n) is 8.97. The average Bonchev–Trinajstić information content (AvgIpc) is 2.67. The quantitative estimate of drug-likeness (QED) is 0.693. The van der Waals surface area contributed by atoms with Crippen LogP contribution >= 0.6 is 0 Å². The number of benzene rings is 2. The standard InChI is InChI=1S/C20H22N4O2S/c1-15-6-5-7-16(14-15)27(25,26)20-19(24-12-10-23(2)11-13-24)21-17-8-3-4-9-18(17)22-20/h3-9,14H,10-13H2,1-2H3. The molecule has 1 saturated heterocycles. The Bertz CT molecular complexity index is 1090. The number of fused-ring (bicyclic) bond motifs is 1. The maximum atomic E-state index is 13.4. The molecule has 3 aromatic rings. The summed E-state index contributed by atoms with van der Waals surface area (Å²) in [6.07, 6.45) is 0. The highest BCUT2D eigenvalue weighted by atomic mass is 32.2. The summed E-state index contributed by atoms with van der Waals surface area (Å²) >= 11 is 0. The van der Waals surface area contributed by atoms with Gasteiger partial charge >= 0.3 is 0 Å². The fourth-order valence-electron chi connectivity index (χ4n) is 3.27. The minimum absolute atomic E-state index is 0.0383. The Hall–Kier alpha value is -2.51. The molecule has 0 bridgehead atoms. The van der Waals surface area contributed by atoms with Gasteiger partial charge in [-0.1, -0.05) is 24.3 Å². The molecule has 1 aliphatic rings. The van der Waals surface area contributed by atoms with Crippen molar-refractivity contribution in [1.82, 2.24) is 14.9 Å². The van der Waals surface area contributed by atoms with Crippen molar-refractivity contribution in [3.05, 3.63) is 54.1 Å². The zero-order chi connectivity index (χ0) is 19.0. The molecule has 2 heterocycles. The number of anilines is 1. The van der Waals surface area contributed by atoms with Gasteiger partial charge in [0.25, 0.3) is 0 Å². The number of aryl methyl sites for hydroxylation is 1. The molecule has 1 aliphatic heterocycles. The van der Waals surface area contributed by atoms with Crippen molar-refractivity contribution < 1.29 is 8.42 Å². The molecule has 1 aromatic heterocycles. The maximum Gasteiger partial charge on any atom is 0.227 e. The molecule has 1 fully saturated rings. The lowest BCUT2D eigenvalue weighted by molar-refractivity contribution is 0.311. The number of hydrogen-bond acceptors (Lipinski definition) is 6. The third-order valence-electron chi connectivity index (χ3n) is 4.88. The van der Waals surface area contributed by atoms with E-state index in [0.717, 1.165) is 31.7 Å². The summed E-state index contributed by atoms with van der Waals surface area (Å²) in [6.45, 7) is 5.04. The minimum Gasteiger partial charge on any atom is -0.352 e. The fourth-order valence-corrected chi connectivity index (χ4v) is 4.73. The van der Waals surface area contributed by atoms with E-state index in [4.69, 9.17) is 4.98 Å². The number of nitrogens with zero attached hydrogens (tertiary/aromatic N) is 4. The van der Waals surface area contributed by atoms with Crippen LogP contribution in [-0.4, -0.2) is 56.5 Å². The largest absolute Gasteiger partial charge is 0.352 e. The fraction of sp³-hybridized carbons (Fsp3) is 0.300. The van der Waals surface area contributed by atoms with Crippen LogP contribution in [0.15, 0.2) is 58.5 Å². The van der Waals surface area contributed by atoms with Crippen molar-refractivity contribution >= 4 is 26.7 Å². The second-order valence-electron chi connectivity index (χ2n) is 6.95. The van der Waals surface area contributed by atoms with Gasteiger partial charge in [-0.15, -0.1) is 0 Å². The Morgan fingerprint density at radius 1 is 0.889 bits per heavy atom. The van der Waals surface area contributed by atoms with E-state index in [1.54, 1.807) is 24.3 Å². The average molecular weight is 382 g/mol. The molecule has 0 aliphatic carbocycles. The molecule has 2 aromatic carbocycles. The van der Waals surface area contributed by atoms with Crippen LogP contribution in [0, 0.1) is 6.92 Å². The summed E-state index contributed by atoms with van der Waals surface area (Å²) in [6, 6.07) is 14.3. The third-order valence-corrected chi connectivity index (χ3v) is 6.54. The summed E-state index contributed by atoms with van der Waals surface area (Å²) in [5.41, 5.74) is 2.18. The number of piperazine rings is 1. The van der Waals surface area contributed by atoms with E-state index in [0.29, 0.717) is 16.9 Å². The van der Waals surface area contributed by atoms with Crippen LogP contribution in [0.5, 0.6) is 0 Å². The minimum atomic E-state index is -3.78. The van der Waals surface area contributed by atoms with Crippen molar-refractivity contribution in [2.75, 3.05) is 38.1 Å². The van der Waals surface area contributed by atoms with Gasteiger partial charge in [0.1, 0.15) is 0 Å². The van der Waals surface area contributed by atoms with Crippen molar-refractivity contribution in [1.29, 1.82) is 0 Å². The van der Waals surface area contributed by atoms with E-state index in [1.807, 2.05) is 36.1 Å². The number of hydrogen-bond donors (Lipinski definition) is 0. The number of rotatable bonds is 3. The van der Waals surface area contributed by atoms with Crippen molar-refractivity contribution in [2.24, 2.45) is 0 Å². The lowest BCUT2D eigenvalue weighted by Gasteiger charge is -2.33. The molecule has 0 saturated carbocycles. The van der Waals surface area contributed by atoms with E-state index in [9.17, 15) is 8.42 Å². The molecule has 0 unspecified atom stereocenters. The van der Waals surface area contributed by atoms with Crippen LogP contribution in [0.25, 0.3) is 11.0 Å². The normalized spacial score (nSPS) is 16.0. The Morgan fingerprint density at radius 2 is 1.56 bits per heavy atom. The summed E-state index contributed by atoms with van der Waals surface area (Å²) in [5, 5.41) is 0.0383. The molecular formula is C20H22N4O2S. The first kappa shape index (κ1) is 17.9. The summed E-state index contributed by atoms with van der Waals surface area (Å²) < 4.78 is 26.8. The van der Waals surface area contributed by atoms with Gasteiger partial charge in [-0.3, -0.25) is 0 Å². The van der Waals surface area contributed by atoms with E-state index < -0.39 is 9.84 Å². The SMILES string of the molecule is Cc1cccc(S(=O)(=O)c2nc3ccccc3nc2N2CCN(C)CC2)c1. The maximum absolute atomic E-state index is 13.4. The molecule has 140 valence electrons. The number of aromatic nitrogens is 2. The second kappa shape index (κ2) is 6.90. The molecule has 0 N–H and O–H groups in total. The highest BCUT2D eigenvalue weighted by Gasteiger charge is 2.29. The number of sulfone groups is 1. The zero-order valence-corrected chi connectivity index (χ0v) is 16.3. The predicted molar refractivity (Wildman–Crippen MR) is 106 cm³/mol. The summed E-state index contributed by atoms with van der Waals surface area (Å²) in [7, 11) is -1.71. The Labute approximate surface area is 159 Å². The van der Waals surface area contributed by atoms with Crippen molar-refractivity contribution in [2.45, 2.75) is 16.8 Å². The van der Waals surface area contributed by atoms with E-state index in [2.05, 4.69) is 16.9 Å².